The van der Waals surface area contributed by atoms with E-state index in [1.807, 2.05) is 6.07 Å². The minimum Gasteiger partial charge on any atom is -0.493 e. The second-order valence-corrected chi connectivity index (χ2v) is 5.67. The lowest BCUT2D eigenvalue weighted by atomic mass is 10.2. The molecular weight excluding hydrogens is 348 g/mol. The first kappa shape index (κ1) is 18.2. The zero-order chi connectivity index (χ0) is 19.2. The standard InChI is InChI=1S/C19H20N4O4/c1-12-9-15(18(24)20-11-14-5-4-8-27-14)23-19(21-12)22-13-6-7-16(25-2)17(10-13)26-3/h4-10H,11H2,1-3H3,(H,20,24)(H,21,22,23). The number of rotatable bonds is 7. The molecule has 0 saturated heterocycles. The summed E-state index contributed by atoms with van der Waals surface area (Å²) in [5.74, 6) is 1.85. The number of ether oxygens (including phenoxy) is 2. The second-order valence-electron chi connectivity index (χ2n) is 5.67. The number of amides is 1. The van der Waals surface area contributed by atoms with Crippen LogP contribution in [-0.4, -0.2) is 30.1 Å². The van der Waals surface area contributed by atoms with Gasteiger partial charge in [-0.05, 0) is 37.3 Å². The van der Waals surface area contributed by atoms with Crippen molar-refractivity contribution < 1.29 is 18.7 Å². The molecule has 8 nitrogen and oxygen atoms in total. The smallest absolute Gasteiger partial charge is 0.270 e. The van der Waals surface area contributed by atoms with Gasteiger partial charge in [-0.1, -0.05) is 0 Å². The maximum absolute atomic E-state index is 12.4. The number of methoxy groups -OCH3 is 2. The van der Waals surface area contributed by atoms with Crippen LogP contribution < -0.4 is 20.1 Å². The quantitative estimate of drug-likeness (QED) is 0.661. The summed E-state index contributed by atoms with van der Waals surface area (Å²) in [4.78, 5) is 21.0. The topological polar surface area (TPSA) is 98.5 Å². The zero-order valence-corrected chi connectivity index (χ0v) is 15.3. The van der Waals surface area contributed by atoms with Crippen LogP contribution in [0.1, 0.15) is 21.9 Å². The number of carbonyl (C=O) groups excluding carboxylic acids is 1. The predicted octanol–water partition coefficient (Wildman–Crippen LogP) is 3.07. The highest BCUT2D eigenvalue weighted by molar-refractivity contribution is 5.92. The van der Waals surface area contributed by atoms with Crippen LogP contribution in [0.25, 0.3) is 0 Å². The van der Waals surface area contributed by atoms with Gasteiger partial charge < -0.3 is 24.5 Å². The highest BCUT2D eigenvalue weighted by Gasteiger charge is 2.12. The molecule has 1 amide bonds. The molecule has 27 heavy (non-hydrogen) atoms. The van der Waals surface area contributed by atoms with Crippen LogP contribution in [0.3, 0.4) is 0 Å². The maximum Gasteiger partial charge on any atom is 0.270 e. The molecule has 0 atom stereocenters. The Kier molecular flexibility index (Phi) is 5.55. The monoisotopic (exact) mass is 368 g/mol. The Bertz CT molecular complexity index is 925. The number of furan rings is 1. The fourth-order valence-electron chi connectivity index (χ4n) is 2.45. The third-order valence-electron chi connectivity index (χ3n) is 3.73. The van der Waals surface area contributed by atoms with Crippen LogP contribution in [0, 0.1) is 6.92 Å². The van der Waals surface area contributed by atoms with E-state index in [-0.39, 0.29) is 18.1 Å². The molecule has 0 saturated carbocycles. The SMILES string of the molecule is COc1ccc(Nc2nc(C)cc(C(=O)NCc3ccco3)n2)cc1OC. The molecule has 0 fully saturated rings. The van der Waals surface area contributed by atoms with Gasteiger partial charge in [0.1, 0.15) is 11.5 Å². The molecule has 1 aromatic carbocycles. The number of carbonyl (C=O) groups is 1. The van der Waals surface area contributed by atoms with Gasteiger partial charge in [-0.3, -0.25) is 4.79 Å². The van der Waals surface area contributed by atoms with Crippen molar-refractivity contribution in [3.05, 3.63) is 59.8 Å². The Hall–Kier alpha value is -3.55. The van der Waals surface area contributed by atoms with Crippen LogP contribution in [0.15, 0.2) is 47.1 Å². The summed E-state index contributed by atoms with van der Waals surface area (Å²) in [7, 11) is 3.13. The average molecular weight is 368 g/mol. The van der Waals surface area contributed by atoms with Crippen molar-refractivity contribution in [2.75, 3.05) is 19.5 Å². The molecule has 3 aromatic rings. The minimum absolute atomic E-state index is 0.261. The molecule has 0 aliphatic heterocycles. The largest absolute Gasteiger partial charge is 0.493 e. The minimum atomic E-state index is -0.313. The predicted molar refractivity (Wildman–Crippen MR) is 99.5 cm³/mol. The van der Waals surface area contributed by atoms with Crippen LogP contribution in [0.2, 0.25) is 0 Å². The fraction of sp³-hybridized carbons (Fsp3) is 0.211. The van der Waals surface area contributed by atoms with Crippen molar-refractivity contribution in [2.24, 2.45) is 0 Å². The van der Waals surface area contributed by atoms with Crippen LogP contribution in [0.5, 0.6) is 11.5 Å². The van der Waals surface area contributed by atoms with E-state index in [0.717, 1.165) is 0 Å². The van der Waals surface area contributed by atoms with Crippen molar-refractivity contribution in [3.8, 4) is 11.5 Å². The summed E-state index contributed by atoms with van der Waals surface area (Å²) in [6.45, 7) is 2.08. The first-order chi connectivity index (χ1) is 13.1. The molecule has 0 aliphatic rings. The number of hydrogen-bond acceptors (Lipinski definition) is 7. The van der Waals surface area contributed by atoms with Gasteiger partial charge >= 0.3 is 0 Å². The number of hydrogen-bond donors (Lipinski definition) is 2. The Morgan fingerprint density at radius 1 is 1.11 bits per heavy atom. The van der Waals surface area contributed by atoms with Crippen molar-refractivity contribution >= 4 is 17.5 Å². The first-order valence-corrected chi connectivity index (χ1v) is 8.24. The molecule has 2 aromatic heterocycles. The molecule has 3 rings (SSSR count). The van der Waals surface area contributed by atoms with Gasteiger partial charge in [0, 0.05) is 17.4 Å². The van der Waals surface area contributed by atoms with E-state index in [9.17, 15) is 4.79 Å². The van der Waals surface area contributed by atoms with E-state index in [1.54, 1.807) is 57.7 Å². The number of nitrogens with one attached hydrogen (secondary N) is 2. The van der Waals surface area contributed by atoms with Gasteiger partial charge in [-0.25, -0.2) is 9.97 Å². The van der Waals surface area contributed by atoms with Crippen molar-refractivity contribution in [3.63, 3.8) is 0 Å². The highest BCUT2D eigenvalue weighted by atomic mass is 16.5. The van der Waals surface area contributed by atoms with Gasteiger partial charge in [0.15, 0.2) is 11.5 Å². The van der Waals surface area contributed by atoms with Gasteiger partial charge in [0.2, 0.25) is 5.95 Å². The Morgan fingerprint density at radius 3 is 2.63 bits per heavy atom. The molecule has 0 radical (unpaired) electrons. The molecule has 0 bridgehead atoms. The Labute approximate surface area is 156 Å². The van der Waals surface area contributed by atoms with Gasteiger partial charge in [0.25, 0.3) is 5.91 Å². The van der Waals surface area contributed by atoms with Crippen LogP contribution in [-0.2, 0) is 6.54 Å². The van der Waals surface area contributed by atoms with Crippen molar-refractivity contribution in [1.82, 2.24) is 15.3 Å². The molecule has 0 aliphatic carbocycles. The second kappa shape index (κ2) is 8.22. The first-order valence-electron chi connectivity index (χ1n) is 8.24. The van der Waals surface area contributed by atoms with Gasteiger partial charge in [-0.15, -0.1) is 0 Å². The Morgan fingerprint density at radius 2 is 1.93 bits per heavy atom. The molecule has 0 spiro atoms. The summed E-state index contributed by atoms with van der Waals surface area (Å²) in [5.41, 5.74) is 1.63. The van der Waals surface area contributed by atoms with Crippen LogP contribution in [0.4, 0.5) is 11.6 Å². The molecule has 0 unspecified atom stereocenters. The number of benzene rings is 1. The third kappa shape index (κ3) is 4.55. The number of nitrogens with zero attached hydrogens (tertiary/aromatic N) is 2. The number of anilines is 2. The van der Waals surface area contributed by atoms with Gasteiger partial charge in [-0.2, -0.15) is 0 Å². The lowest BCUT2D eigenvalue weighted by Crippen LogP contribution is -2.24. The molecule has 2 N–H and O–H groups in total. The Balaban J connectivity index is 1.75. The van der Waals surface area contributed by atoms with E-state index in [4.69, 9.17) is 13.9 Å². The summed E-state index contributed by atoms with van der Waals surface area (Å²) >= 11 is 0. The summed E-state index contributed by atoms with van der Waals surface area (Å²) in [6.07, 6.45) is 1.56. The van der Waals surface area contributed by atoms with E-state index in [2.05, 4.69) is 20.6 Å². The zero-order valence-electron chi connectivity index (χ0n) is 15.3. The lowest BCUT2D eigenvalue weighted by molar-refractivity contribution is 0.0943. The summed E-state index contributed by atoms with van der Waals surface area (Å²) < 4.78 is 15.7. The summed E-state index contributed by atoms with van der Waals surface area (Å²) in [6, 6.07) is 10.5. The van der Waals surface area contributed by atoms with E-state index in [0.29, 0.717) is 34.6 Å². The third-order valence-corrected chi connectivity index (χ3v) is 3.73. The fourth-order valence-corrected chi connectivity index (χ4v) is 2.45. The van der Waals surface area contributed by atoms with E-state index < -0.39 is 0 Å². The van der Waals surface area contributed by atoms with Gasteiger partial charge in [0.05, 0.1) is 27.0 Å². The average Bonchev–Trinajstić information content (AvgIpc) is 3.19. The lowest BCUT2D eigenvalue weighted by Gasteiger charge is -2.11. The molecule has 140 valence electrons. The van der Waals surface area contributed by atoms with Crippen molar-refractivity contribution in [2.45, 2.75) is 13.5 Å². The highest BCUT2D eigenvalue weighted by Crippen LogP contribution is 2.30. The number of aryl methyl sites for hydroxylation is 1. The van der Waals surface area contributed by atoms with Crippen molar-refractivity contribution in [1.29, 1.82) is 0 Å². The summed E-state index contributed by atoms with van der Waals surface area (Å²) in [5, 5.41) is 5.85. The maximum atomic E-state index is 12.4. The number of aromatic nitrogens is 2. The molecule has 2 heterocycles. The molecule has 8 heteroatoms. The van der Waals surface area contributed by atoms with E-state index >= 15 is 0 Å². The van der Waals surface area contributed by atoms with Crippen LogP contribution >= 0.6 is 0 Å². The molecular formula is C19H20N4O4. The van der Waals surface area contributed by atoms with E-state index in [1.165, 1.54) is 0 Å². The normalized spacial score (nSPS) is 10.3.